The number of nitrogens with two attached hydrogens (primary N) is 1. The van der Waals surface area contributed by atoms with Crippen LogP contribution in [0.1, 0.15) is 45.2 Å². The van der Waals surface area contributed by atoms with E-state index in [0.717, 1.165) is 11.3 Å². The Labute approximate surface area is 115 Å². The summed E-state index contributed by atoms with van der Waals surface area (Å²) in [5.74, 6) is 6.62. The first-order chi connectivity index (χ1) is 9.06. The lowest BCUT2D eigenvalue weighted by Crippen LogP contribution is -2.44. The van der Waals surface area contributed by atoms with Gasteiger partial charge in [0.25, 0.3) is 0 Å². The molecule has 1 aliphatic carbocycles. The molecule has 0 bridgehead atoms. The van der Waals surface area contributed by atoms with Crippen LogP contribution in [0.5, 0.6) is 5.75 Å². The smallest absolute Gasteiger partial charge is 0.119 e. The summed E-state index contributed by atoms with van der Waals surface area (Å²) in [6, 6.07) is 8.04. The van der Waals surface area contributed by atoms with E-state index in [-0.39, 0.29) is 11.6 Å². The Morgan fingerprint density at radius 3 is 2.42 bits per heavy atom. The van der Waals surface area contributed by atoms with Crippen LogP contribution in [0.15, 0.2) is 24.3 Å². The van der Waals surface area contributed by atoms with Gasteiger partial charge < -0.3 is 9.47 Å². The molecule has 0 spiro atoms. The predicted octanol–water partition coefficient (Wildman–Crippen LogP) is 2.55. The van der Waals surface area contributed by atoms with Crippen LogP contribution in [0.3, 0.4) is 0 Å². The van der Waals surface area contributed by atoms with E-state index in [1.807, 2.05) is 45.0 Å². The molecule has 1 aromatic rings. The summed E-state index contributed by atoms with van der Waals surface area (Å²) in [6.45, 7) is 6.72. The van der Waals surface area contributed by atoms with Crippen molar-refractivity contribution in [2.45, 2.75) is 51.4 Å². The number of nitrogens with one attached hydrogen (secondary N) is 1. The number of hydrogen-bond acceptors (Lipinski definition) is 4. The average molecular weight is 264 g/mol. The van der Waals surface area contributed by atoms with Gasteiger partial charge in [0.2, 0.25) is 0 Å². The largest absolute Gasteiger partial charge is 0.490 e. The fourth-order valence-corrected chi connectivity index (χ4v) is 2.27. The van der Waals surface area contributed by atoms with E-state index >= 15 is 0 Å². The van der Waals surface area contributed by atoms with Gasteiger partial charge in [0.1, 0.15) is 5.75 Å². The van der Waals surface area contributed by atoms with Gasteiger partial charge in [0.15, 0.2) is 0 Å². The molecule has 1 aromatic carbocycles. The van der Waals surface area contributed by atoms with Crippen molar-refractivity contribution in [2.75, 3.05) is 6.61 Å². The van der Waals surface area contributed by atoms with Crippen molar-refractivity contribution in [3.8, 4) is 5.75 Å². The Bertz CT molecular complexity index is 399. The first kappa shape index (κ1) is 14.3. The molecule has 1 saturated carbocycles. The molecule has 0 aromatic heterocycles. The van der Waals surface area contributed by atoms with E-state index in [1.165, 1.54) is 12.8 Å². The Morgan fingerprint density at radius 1 is 1.32 bits per heavy atom. The van der Waals surface area contributed by atoms with E-state index < -0.39 is 0 Å². The van der Waals surface area contributed by atoms with E-state index in [1.54, 1.807) is 0 Å². The normalized spacial score (nSPS) is 17.3. The molecule has 106 valence electrons. The summed E-state index contributed by atoms with van der Waals surface area (Å²) in [6.07, 6.45) is 2.77. The Balaban J connectivity index is 2.09. The standard InChI is InChI=1S/C15H24N2O2/c1-4-18-15(2,3)14(17-16)11-5-7-12(8-6-11)19-13-9-10-13/h5-8,13-14,17H,4,9-10,16H2,1-3H3. The van der Waals surface area contributed by atoms with Crippen LogP contribution in [-0.2, 0) is 4.74 Å². The second-order valence-corrected chi connectivity index (χ2v) is 5.52. The minimum Gasteiger partial charge on any atom is -0.490 e. The monoisotopic (exact) mass is 264 g/mol. The van der Waals surface area contributed by atoms with Crippen molar-refractivity contribution in [2.24, 2.45) is 5.84 Å². The molecule has 0 heterocycles. The Hall–Kier alpha value is -1.10. The predicted molar refractivity (Wildman–Crippen MR) is 75.9 cm³/mol. The number of hydrogen-bond donors (Lipinski definition) is 2. The van der Waals surface area contributed by atoms with Gasteiger partial charge in [-0.2, -0.15) is 0 Å². The lowest BCUT2D eigenvalue weighted by Gasteiger charge is -2.34. The van der Waals surface area contributed by atoms with Crippen molar-refractivity contribution in [1.29, 1.82) is 0 Å². The third-order valence-corrected chi connectivity index (χ3v) is 3.42. The van der Waals surface area contributed by atoms with Gasteiger partial charge in [-0.3, -0.25) is 11.3 Å². The van der Waals surface area contributed by atoms with Gasteiger partial charge in [0, 0.05) is 6.61 Å². The van der Waals surface area contributed by atoms with Gasteiger partial charge in [-0.25, -0.2) is 0 Å². The Morgan fingerprint density at radius 2 is 1.95 bits per heavy atom. The number of ether oxygens (including phenoxy) is 2. The van der Waals surface area contributed by atoms with Crippen molar-refractivity contribution in [1.82, 2.24) is 5.43 Å². The van der Waals surface area contributed by atoms with Crippen LogP contribution < -0.4 is 16.0 Å². The lowest BCUT2D eigenvalue weighted by molar-refractivity contribution is -0.0392. The van der Waals surface area contributed by atoms with Crippen LogP contribution in [0.4, 0.5) is 0 Å². The zero-order chi connectivity index (χ0) is 13.9. The van der Waals surface area contributed by atoms with Crippen molar-refractivity contribution < 1.29 is 9.47 Å². The first-order valence-corrected chi connectivity index (χ1v) is 6.93. The minimum atomic E-state index is -0.359. The second-order valence-electron chi connectivity index (χ2n) is 5.52. The molecular weight excluding hydrogens is 240 g/mol. The van der Waals surface area contributed by atoms with Gasteiger partial charge in [0.05, 0.1) is 17.7 Å². The summed E-state index contributed by atoms with van der Waals surface area (Å²) < 4.78 is 11.5. The lowest BCUT2D eigenvalue weighted by atomic mass is 9.92. The van der Waals surface area contributed by atoms with Crippen LogP contribution in [0.25, 0.3) is 0 Å². The van der Waals surface area contributed by atoms with Crippen molar-refractivity contribution in [3.63, 3.8) is 0 Å². The van der Waals surface area contributed by atoms with Crippen LogP contribution in [0, 0.1) is 0 Å². The van der Waals surface area contributed by atoms with E-state index in [2.05, 4.69) is 5.43 Å². The molecule has 0 amide bonds. The molecule has 0 aliphatic heterocycles. The SMILES string of the molecule is CCOC(C)(C)C(NN)c1ccc(OC2CC2)cc1. The highest BCUT2D eigenvalue weighted by molar-refractivity contribution is 5.30. The maximum absolute atomic E-state index is 5.77. The molecule has 0 radical (unpaired) electrons. The molecular formula is C15H24N2O2. The highest BCUT2D eigenvalue weighted by Crippen LogP contribution is 2.31. The fourth-order valence-electron chi connectivity index (χ4n) is 2.27. The molecule has 1 atom stereocenters. The number of benzene rings is 1. The quantitative estimate of drug-likeness (QED) is 0.587. The zero-order valence-corrected chi connectivity index (χ0v) is 12.0. The Kier molecular flexibility index (Phi) is 4.45. The van der Waals surface area contributed by atoms with E-state index in [4.69, 9.17) is 15.3 Å². The summed E-state index contributed by atoms with van der Waals surface area (Å²) in [5.41, 5.74) is 3.59. The highest BCUT2D eigenvalue weighted by Gasteiger charge is 2.30. The maximum Gasteiger partial charge on any atom is 0.119 e. The van der Waals surface area contributed by atoms with Crippen LogP contribution >= 0.6 is 0 Å². The second kappa shape index (κ2) is 5.90. The summed E-state index contributed by atoms with van der Waals surface area (Å²) in [7, 11) is 0. The summed E-state index contributed by atoms with van der Waals surface area (Å²) in [4.78, 5) is 0. The fraction of sp³-hybridized carbons (Fsp3) is 0.600. The van der Waals surface area contributed by atoms with E-state index in [9.17, 15) is 0 Å². The molecule has 1 unspecified atom stereocenters. The molecule has 19 heavy (non-hydrogen) atoms. The number of hydrazine groups is 1. The zero-order valence-electron chi connectivity index (χ0n) is 12.0. The van der Waals surface area contributed by atoms with Gasteiger partial charge in [-0.05, 0) is 51.3 Å². The molecule has 0 saturated heterocycles. The molecule has 2 rings (SSSR count). The molecule has 3 N–H and O–H groups in total. The molecule has 1 fully saturated rings. The van der Waals surface area contributed by atoms with Crippen molar-refractivity contribution in [3.05, 3.63) is 29.8 Å². The van der Waals surface area contributed by atoms with Crippen molar-refractivity contribution >= 4 is 0 Å². The topological polar surface area (TPSA) is 56.5 Å². The summed E-state index contributed by atoms with van der Waals surface area (Å²) in [5, 5.41) is 0. The number of rotatable bonds is 7. The highest BCUT2D eigenvalue weighted by atomic mass is 16.5. The van der Waals surface area contributed by atoms with E-state index in [0.29, 0.717) is 12.7 Å². The third kappa shape index (κ3) is 3.69. The molecule has 4 nitrogen and oxygen atoms in total. The molecule has 1 aliphatic rings. The van der Waals surface area contributed by atoms with Gasteiger partial charge in [-0.1, -0.05) is 12.1 Å². The third-order valence-electron chi connectivity index (χ3n) is 3.42. The van der Waals surface area contributed by atoms with Crippen LogP contribution in [-0.4, -0.2) is 18.3 Å². The maximum atomic E-state index is 5.77. The summed E-state index contributed by atoms with van der Waals surface area (Å²) >= 11 is 0. The first-order valence-electron chi connectivity index (χ1n) is 6.93. The average Bonchev–Trinajstić information content (AvgIpc) is 3.16. The van der Waals surface area contributed by atoms with Gasteiger partial charge >= 0.3 is 0 Å². The minimum absolute atomic E-state index is 0.0533. The molecule has 4 heteroatoms. The van der Waals surface area contributed by atoms with Crippen LogP contribution in [0.2, 0.25) is 0 Å². The van der Waals surface area contributed by atoms with Gasteiger partial charge in [-0.15, -0.1) is 0 Å².